The summed E-state index contributed by atoms with van der Waals surface area (Å²) in [6.07, 6.45) is 0.222. The highest BCUT2D eigenvalue weighted by Gasteiger charge is 1.96. The van der Waals surface area contributed by atoms with E-state index in [0.717, 1.165) is 0 Å². The van der Waals surface area contributed by atoms with E-state index in [9.17, 15) is 14.4 Å². The molecule has 0 bridgehead atoms. The van der Waals surface area contributed by atoms with Crippen molar-refractivity contribution in [1.29, 1.82) is 0 Å². The fourth-order valence-corrected chi connectivity index (χ4v) is 1.26. The largest absolute Gasteiger partial charge is 0.482 e. The van der Waals surface area contributed by atoms with Gasteiger partial charge in [-0.15, -0.1) is 0 Å². The Bertz CT molecular complexity index is 643. The second-order valence-corrected chi connectivity index (χ2v) is 4.47. The van der Waals surface area contributed by atoms with Crippen molar-refractivity contribution in [1.82, 2.24) is 0 Å². The summed E-state index contributed by atoms with van der Waals surface area (Å²) in [6, 6.07) is 17.6. The first kappa shape index (κ1) is 21.7. The molecule has 0 heterocycles. The van der Waals surface area contributed by atoms with Crippen molar-refractivity contribution in [3.05, 3.63) is 66.2 Å². The highest BCUT2D eigenvalue weighted by molar-refractivity contribution is 5.92. The number of nitrogens with two attached hydrogens (primary N) is 1. The molecule has 25 heavy (non-hydrogen) atoms. The number of amides is 1. The van der Waals surface area contributed by atoms with Crippen LogP contribution in [0, 0.1) is 0 Å². The van der Waals surface area contributed by atoms with Gasteiger partial charge in [0.05, 0.1) is 0 Å². The smallest absolute Gasteiger partial charge is 0.341 e. The van der Waals surface area contributed by atoms with Gasteiger partial charge in [0.1, 0.15) is 5.75 Å². The van der Waals surface area contributed by atoms with Crippen LogP contribution >= 0.6 is 0 Å². The summed E-state index contributed by atoms with van der Waals surface area (Å²) >= 11 is 0. The Morgan fingerprint density at radius 3 is 1.64 bits per heavy atom. The zero-order valence-electron chi connectivity index (χ0n) is 13.8. The van der Waals surface area contributed by atoms with Crippen molar-refractivity contribution in [2.45, 2.75) is 13.3 Å². The summed E-state index contributed by atoms with van der Waals surface area (Å²) in [7, 11) is 0. The molecule has 0 aliphatic carbocycles. The van der Waals surface area contributed by atoms with Gasteiger partial charge >= 0.3 is 11.9 Å². The van der Waals surface area contributed by atoms with Crippen molar-refractivity contribution in [2.24, 2.45) is 5.73 Å². The van der Waals surface area contributed by atoms with Gasteiger partial charge in [-0.2, -0.15) is 0 Å². The highest BCUT2D eigenvalue weighted by atomic mass is 16.5. The minimum absolute atomic E-state index is 0.222. The molecular weight excluding hydrogens is 326 g/mol. The fraction of sp³-hybridized carbons (Fsp3) is 0.167. The molecule has 0 atom stereocenters. The van der Waals surface area contributed by atoms with Crippen molar-refractivity contribution < 1.29 is 29.3 Å². The predicted octanol–water partition coefficient (Wildman–Crippen LogP) is 2.42. The van der Waals surface area contributed by atoms with Gasteiger partial charge in [0, 0.05) is 12.0 Å². The summed E-state index contributed by atoms with van der Waals surface area (Å²) in [5.74, 6) is -1.51. The van der Waals surface area contributed by atoms with Crippen LogP contribution in [0.3, 0.4) is 0 Å². The number of carboxylic acid groups (broad SMARTS) is 2. The van der Waals surface area contributed by atoms with E-state index in [0.29, 0.717) is 11.3 Å². The molecule has 7 nitrogen and oxygen atoms in total. The lowest BCUT2D eigenvalue weighted by molar-refractivity contribution is -0.139. The first-order valence-electron chi connectivity index (χ1n) is 7.33. The third-order valence-corrected chi connectivity index (χ3v) is 2.47. The molecule has 0 unspecified atom stereocenters. The van der Waals surface area contributed by atoms with E-state index < -0.39 is 11.9 Å². The molecule has 134 valence electrons. The van der Waals surface area contributed by atoms with E-state index in [1.807, 2.05) is 12.1 Å². The van der Waals surface area contributed by atoms with Gasteiger partial charge in [-0.25, -0.2) is 4.79 Å². The number of ether oxygens (including phenoxy) is 1. The van der Waals surface area contributed by atoms with E-state index in [-0.39, 0.29) is 18.9 Å². The quantitative estimate of drug-likeness (QED) is 0.762. The van der Waals surface area contributed by atoms with Crippen molar-refractivity contribution in [3.8, 4) is 5.75 Å². The summed E-state index contributed by atoms with van der Waals surface area (Å²) in [5.41, 5.74) is 5.53. The number of carbonyl (C=O) groups is 3. The molecule has 1 amide bonds. The Hall–Kier alpha value is -3.35. The Balaban J connectivity index is 0.000000372. The summed E-state index contributed by atoms with van der Waals surface area (Å²) in [6.45, 7) is 1.31. The number of para-hydroxylation sites is 1. The van der Waals surface area contributed by atoms with Gasteiger partial charge in [0.25, 0.3) is 0 Å². The third kappa shape index (κ3) is 12.8. The SMILES string of the molecule is CCC(=O)O.NC(=O)c1ccccc1.O=C(O)COc1ccccc1. The van der Waals surface area contributed by atoms with Crippen molar-refractivity contribution in [2.75, 3.05) is 6.61 Å². The van der Waals surface area contributed by atoms with E-state index in [2.05, 4.69) is 0 Å². The molecule has 0 fully saturated rings. The molecule has 4 N–H and O–H groups in total. The third-order valence-electron chi connectivity index (χ3n) is 2.47. The maximum absolute atomic E-state index is 10.4. The molecule has 0 saturated carbocycles. The molecule has 0 radical (unpaired) electrons. The number of carbonyl (C=O) groups excluding carboxylic acids is 1. The van der Waals surface area contributed by atoms with E-state index >= 15 is 0 Å². The van der Waals surface area contributed by atoms with E-state index in [4.69, 9.17) is 20.7 Å². The van der Waals surface area contributed by atoms with Crippen LogP contribution in [0.5, 0.6) is 5.75 Å². The number of hydrogen-bond acceptors (Lipinski definition) is 4. The van der Waals surface area contributed by atoms with Crippen LogP contribution in [0.2, 0.25) is 0 Å². The van der Waals surface area contributed by atoms with Crippen LogP contribution in [0.25, 0.3) is 0 Å². The molecular formula is C18H21NO6. The Kier molecular flexibility index (Phi) is 11.4. The molecule has 0 aliphatic rings. The van der Waals surface area contributed by atoms with E-state index in [1.165, 1.54) is 0 Å². The number of rotatable bonds is 5. The summed E-state index contributed by atoms with van der Waals surface area (Å²) < 4.78 is 4.87. The highest BCUT2D eigenvalue weighted by Crippen LogP contribution is 2.07. The van der Waals surface area contributed by atoms with Gasteiger partial charge < -0.3 is 20.7 Å². The van der Waals surface area contributed by atoms with Crippen LogP contribution in [-0.4, -0.2) is 34.7 Å². The van der Waals surface area contributed by atoms with Crippen LogP contribution in [-0.2, 0) is 9.59 Å². The second-order valence-electron chi connectivity index (χ2n) is 4.47. The number of hydrogen-bond donors (Lipinski definition) is 3. The fourth-order valence-electron chi connectivity index (χ4n) is 1.26. The number of benzene rings is 2. The maximum Gasteiger partial charge on any atom is 0.341 e. The first-order chi connectivity index (χ1) is 11.9. The lowest BCUT2D eigenvalue weighted by atomic mass is 10.2. The maximum atomic E-state index is 10.4. The van der Waals surface area contributed by atoms with Crippen molar-refractivity contribution >= 4 is 17.8 Å². The monoisotopic (exact) mass is 347 g/mol. The second kappa shape index (κ2) is 13.1. The van der Waals surface area contributed by atoms with Crippen LogP contribution < -0.4 is 10.5 Å². The van der Waals surface area contributed by atoms with E-state index in [1.54, 1.807) is 55.5 Å². The Morgan fingerprint density at radius 2 is 1.32 bits per heavy atom. The predicted molar refractivity (Wildman–Crippen MR) is 92.5 cm³/mol. The Morgan fingerprint density at radius 1 is 0.880 bits per heavy atom. The standard InChI is InChI=1S/C8H8O3.C7H7NO.C3H6O2/c9-8(10)6-11-7-4-2-1-3-5-7;8-7(9)6-4-2-1-3-5-6;1-2-3(4)5/h1-5H,6H2,(H,9,10);1-5H,(H2,8,9);2H2,1H3,(H,4,5). The lowest BCUT2D eigenvalue weighted by Crippen LogP contribution is -2.09. The van der Waals surface area contributed by atoms with Crippen LogP contribution in [0.4, 0.5) is 0 Å². The van der Waals surface area contributed by atoms with Crippen molar-refractivity contribution in [3.63, 3.8) is 0 Å². The van der Waals surface area contributed by atoms with Gasteiger partial charge in [0.2, 0.25) is 5.91 Å². The topological polar surface area (TPSA) is 127 Å². The van der Waals surface area contributed by atoms with Gasteiger partial charge in [0.15, 0.2) is 6.61 Å². The van der Waals surface area contributed by atoms with Gasteiger partial charge in [-0.3, -0.25) is 9.59 Å². The van der Waals surface area contributed by atoms with Crippen LogP contribution in [0.1, 0.15) is 23.7 Å². The lowest BCUT2D eigenvalue weighted by Gasteiger charge is -2.00. The molecule has 0 aliphatic heterocycles. The minimum atomic E-state index is -0.964. The Labute approximate surface area is 145 Å². The van der Waals surface area contributed by atoms with Gasteiger partial charge in [-0.05, 0) is 24.3 Å². The molecule has 2 aromatic rings. The number of carboxylic acids is 2. The normalized spacial score (nSPS) is 8.68. The molecule has 0 aromatic heterocycles. The molecule has 0 saturated heterocycles. The number of primary amides is 1. The zero-order chi connectivity index (χ0) is 19.1. The molecule has 7 heteroatoms. The molecule has 0 spiro atoms. The number of aliphatic carboxylic acids is 2. The van der Waals surface area contributed by atoms with Crippen LogP contribution in [0.15, 0.2) is 60.7 Å². The summed E-state index contributed by atoms with van der Waals surface area (Å²) in [4.78, 5) is 29.8. The minimum Gasteiger partial charge on any atom is -0.482 e. The van der Waals surface area contributed by atoms with Gasteiger partial charge in [-0.1, -0.05) is 43.3 Å². The zero-order valence-corrected chi connectivity index (χ0v) is 13.8. The molecule has 2 aromatic carbocycles. The average Bonchev–Trinajstić information content (AvgIpc) is 2.62. The first-order valence-corrected chi connectivity index (χ1v) is 7.33. The molecule has 2 rings (SSSR count). The summed E-state index contributed by atoms with van der Waals surface area (Å²) in [5, 5.41) is 16.0. The average molecular weight is 347 g/mol.